The largest absolute Gasteiger partial charge is 0.462 e. The molecule has 2 saturated heterocycles. The van der Waals surface area contributed by atoms with Gasteiger partial charge in [-0.25, -0.2) is 9.59 Å². The maximum absolute atomic E-state index is 11.5. The van der Waals surface area contributed by atoms with Gasteiger partial charge in [0.05, 0.1) is 22.4 Å². The predicted octanol–water partition coefficient (Wildman–Crippen LogP) is 7.52. The number of rotatable bonds is 16. The summed E-state index contributed by atoms with van der Waals surface area (Å²) in [5.41, 5.74) is 3.70. The summed E-state index contributed by atoms with van der Waals surface area (Å²) in [6, 6.07) is 9.10. The molecule has 0 spiro atoms. The zero-order valence-electron chi connectivity index (χ0n) is 22.2. The van der Waals surface area contributed by atoms with Gasteiger partial charge < -0.3 is 9.47 Å². The highest BCUT2D eigenvalue weighted by Gasteiger charge is 2.27. The molecule has 0 amide bonds. The normalized spacial score (nSPS) is 22.8. The van der Waals surface area contributed by atoms with Crippen molar-refractivity contribution in [3.63, 3.8) is 0 Å². The molecule has 3 rings (SSSR count). The molecule has 2 heterocycles. The van der Waals surface area contributed by atoms with E-state index in [1.54, 1.807) is 13.8 Å². The minimum absolute atomic E-state index is 0.283. The number of carbonyl (C=O) groups is 2. The molecule has 4 atom stereocenters. The van der Waals surface area contributed by atoms with Crippen LogP contribution in [0.1, 0.15) is 37.8 Å². The fraction of sp³-hybridized carbons (Fsp3) is 0.571. The van der Waals surface area contributed by atoms with Crippen LogP contribution in [0.5, 0.6) is 0 Å². The van der Waals surface area contributed by atoms with Gasteiger partial charge in [0, 0.05) is 56.2 Å². The topological polar surface area (TPSA) is 52.6 Å². The predicted molar refractivity (Wildman–Crippen MR) is 175 cm³/mol. The van der Waals surface area contributed by atoms with Gasteiger partial charge in [-0.1, -0.05) is 37.4 Å². The number of thioether (sulfide) groups is 6. The van der Waals surface area contributed by atoms with E-state index in [2.05, 4.69) is 37.4 Å². The first-order valence-corrected chi connectivity index (χ1v) is 19.0. The van der Waals surface area contributed by atoms with E-state index in [4.69, 9.17) is 9.47 Å². The molecule has 0 bridgehead atoms. The second kappa shape index (κ2) is 17.5. The van der Waals surface area contributed by atoms with Gasteiger partial charge in [-0.2, -0.15) is 23.5 Å². The van der Waals surface area contributed by atoms with Crippen LogP contribution in [0.4, 0.5) is 0 Å². The molecule has 1 aromatic rings. The Kier molecular flexibility index (Phi) is 14.9. The fourth-order valence-corrected chi connectivity index (χ4v) is 13.3. The molecule has 4 unspecified atom stereocenters. The summed E-state index contributed by atoms with van der Waals surface area (Å²) < 4.78 is 11.7. The quantitative estimate of drug-likeness (QED) is 0.135. The molecular formula is C28H38O4S6. The van der Waals surface area contributed by atoms with Crippen molar-refractivity contribution in [2.75, 3.05) is 36.2 Å². The van der Waals surface area contributed by atoms with Gasteiger partial charge in [0.2, 0.25) is 0 Å². The maximum atomic E-state index is 11.5. The summed E-state index contributed by atoms with van der Waals surface area (Å²) in [6.07, 6.45) is 1.84. The summed E-state index contributed by atoms with van der Waals surface area (Å²) in [6.45, 7) is 11.6. The molecule has 0 aliphatic carbocycles. The molecule has 2 fully saturated rings. The van der Waals surface area contributed by atoms with Crippen LogP contribution >= 0.6 is 70.6 Å². The lowest BCUT2D eigenvalue weighted by Crippen LogP contribution is -2.11. The molecule has 0 N–H and O–H groups in total. The van der Waals surface area contributed by atoms with Crippen molar-refractivity contribution in [1.82, 2.24) is 0 Å². The molecule has 1 aromatic carbocycles. The molecule has 0 saturated carbocycles. The van der Waals surface area contributed by atoms with Crippen molar-refractivity contribution in [2.24, 2.45) is 0 Å². The lowest BCUT2D eigenvalue weighted by atomic mass is 10.2. The minimum Gasteiger partial charge on any atom is -0.462 e. The van der Waals surface area contributed by atoms with E-state index in [0.717, 1.165) is 47.4 Å². The van der Waals surface area contributed by atoms with E-state index in [1.165, 1.54) is 11.1 Å². The minimum atomic E-state index is -0.283. The lowest BCUT2D eigenvalue weighted by molar-refractivity contribution is -0.139. The van der Waals surface area contributed by atoms with E-state index < -0.39 is 0 Å². The molecule has 0 aromatic heterocycles. The lowest BCUT2D eigenvalue weighted by Gasteiger charge is -2.11. The molecule has 10 heteroatoms. The van der Waals surface area contributed by atoms with Crippen LogP contribution < -0.4 is 0 Å². The van der Waals surface area contributed by atoms with Gasteiger partial charge in [0.15, 0.2) is 0 Å². The Labute approximate surface area is 253 Å². The molecule has 2 aliphatic heterocycles. The SMILES string of the molecule is C=C(C)C(=O)OCCC1CSC(CSCc2ccc(CSCC3SCC(CCOC(=O)C(=C)C)S3)cc2)S1. The first kappa shape index (κ1) is 32.3. The van der Waals surface area contributed by atoms with Gasteiger partial charge in [0.25, 0.3) is 0 Å². The van der Waals surface area contributed by atoms with Crippen molar-refractivity contribution in [3.05, 3.63) is 59.7 Å². The standard InChI is InChI=1S/C28H38O4S6/c1-19(2)27(29)31-11-9-23-15-35-25(37-23)17-33-13-21-5-7-22(8-6-21)14-34-18-26-36-16-24(38-26)10-12-32-28(30)20(3)4/h5-8,23-26H,1,3,9-18H2,2,4H3. The monoisotopic (exact) mass is 630 g/mol. The van der Waals surface area contributed by atoms with Crippen molar-refractivity contribution < 1.29 is 19.1 Å². The molecular weight excluding hydrogens is 593 g/mol. The number of ether oxygens (including phenoxy) is 2. The van der Waals surface area contributed by atoms with E-state index in [-0.39, 0.29) is 11.9 Å². The fourth-order valence-electron chi connectivity index (χ4n) is 3.58. The number of hydrogen-bond acceptors (Lipinski definition) is 10. The Morgan fingerprint density at radius 1 is 0.789 bits per heavy atom. The number of esters is 2. The third-order valence-electron chi connectivity index (χ3n) is 5.74. The average molecular weight is 631 g/mol. The number of hydrogen-bond donors (Lipinski definition) is 0. The summed E-state index contributed by atoms with van der Waals surface area (Å²) in [7, 11) is 0. The van der Waals surface area contributed by atoms with Crippen LogP contribution in [0.3, 0.4) is 0 Å². The van der Waals surface area contributed by atoms with E-state index in [9.17, 15) is 9.59 Å². The van der Waals surface area contributed by atoms with E-state index in [0.29, 0.717) is 44.0 Å². The second-order valence-electron chi connectivity index (χ2n) is 9.30. The smallest absolute Gasteiger partial charge is 0.333 e. The van der Waals surface area contributed by atoms with Gasteiger partial charge in [-0.15, -0.1) is 47.0 Å². The molecule has 4 nitrogen and oxygen atoms in total. The first-order valence-electron chi connectivity index (χ1n) is 12.7. The zero-order chi connectivity index (χ0) is 27.3. The summed E-state index contributed by atoms with van der Waals surface area (Å²) >= 11 is 12.1. The first-order chi connectivity index (χ1) is 18.3. The van der Waals surface area contributed by atoms with Gasteiger partial charge >= 0.3 is 11.9 Å². The maximum Gasteiger partial charge on any atom is 0.333 e. The third-order valence-corrected chi connectivity index (χ3v) is 15.5. The molecule has 2 aliphatic rings. The van der Waals surface area contributed by atoms with Crippen LogP contribution in [0.15, 0.2) is 48.6 Å². The highest BCUT2D eigenvalue weighted by molar-refractivity contribution is 8.21. The second-order valence-corrected chi connectivity index (χ2v) is 17.4. The Balaban J connectivity index is 1.22. The van der Waals surface area contributed by atoms with E-state index in [1.807, 2.05) is 70.6 Å². The summed E-state index contributed by atoms with van der Waals surface area (Å²) in [4.78, 5) is 23.0. The van der Waals surface area contributed by atoms with Gasteiger partial charge in [-0.05, 0) is 37.8 Å². The van der Waals surface area contributed by atoms with Crippen molar-refractivity contribution in [2.45, 2.75) is 57.9 Å². The van der Waals surface area contributed by atoms with Crippen molar-refractivity contribution in [3.8, 4) is 0 Å². The highest BCUT2D eigenvalue weighted by Crippen LogP contribution is 2.42. The van der Waals surface area contributed by atoms with Crippen LogP contribution in [-0.4, -0.2) is 67.8 Å². The van der Waals surface area contributed by atoms with Gasteiger partial charge in [-0.3, -0.25) is 0 Å². The highest BCUT2D eigenvalue weighted by atomic mass is 32.2. The van der Waals surface area contributed by atoms with Gasteiger partial charge in [0.1, 0.15) is 0 Å². The number of carbonyl (C=O) groups excluding carboxylic acids is 2. The Hall–Kier alpha value is -0.260. The van der Waals surface area contributed by atoms with Crippen LogP contribution in [-0.2, 0) is 30.6 Å². The van der Waals surface area contributed by atoms with Crippen LogP contribution in [0, 0.1) is 0 Å². The number of benzene rings is 1. The average Bonchev–Trinajstić information content (AvgIpc) is 3.54. The van der Waals surface area contributed by atoms with Crippen molar-refractivity contribution in [1.29, 1.82) is 0 Å². The third kappa shape index (κ3) is 12.1. The summed E-state index contributed by atoms with van der Waals surface area (Å²) in [5, 5.41) is 1.14. The Morgan fingerprint density at radius 3 is 1.55 bits per heavy atom. The van der Waals surface area contributed by atoms with Crippen molar-refractivity contribution >= 4 is 82.5 Å². The Morgan fingerprint density at radius 2 is 1.18 bits per heavy atom. The van der Waals surface area contributed by atoms with Crippen LogP contribution in [0.25, 0.3) is 0 Å². The Bertz CT molecular complexity index is 863. The summed E-state index contributed by atoms with van der Waals surface area (Å²) in [5.74, 6) is 6.08. The molecule has 0 radical (unpaired) electrons. The van der Waals surface area contributed by atoms with Crippen LogP contribution in [0.2, 0.25) is 0 Å². The molecule has 210 valence electrons. The van der Waals surface area contributed by atoms with E-state index >= 15 is 0 Å². The molecule has 38 heavy (non-hydrogen) atoms. The zero-order valence-corrected chi connectivity index (χ0v) is 27.1.